The fourth-order valence-electron chi connectivity index (χ4n) is 1.31. The van der Waals surface area contributed by atoms with Crippen LogP contribution in [0.5, 0.6) is 5.75 Å². The Morgan fingerprint density at radius 2 is 2.36 bits per heavy atom. The van der Waals surface area contributed by atoms with E-state index < -0.39 is 5.60 Å². The molecule has 0 saturated heterocycles. The first-order valence-electron chi connectivity index (χ1n) is 4.51. The topological polar surface area (TPSA) is 51.2 Å². The Kier molecular flexibility index (Phi) is 1.91. The molecule has 1 aromatic heterocycles. The molecule has 2 heterocycles. The van der Waals surface area contributed by atoms with Gasteiger partial charge in [-0.3, -0.25) is 4.79 Å². The Balaban J connectivity index is 2.41. The molecule has 74 valence electrons. The maximum absolute atomic E-state index is 11.6. The highest BCUT2D eigenvalue weighted by Crippen LogP contribution is 2.28. The van der Waals surface area contributed by atoms with Crippen LogP contribution in [0.4, 0.5) is 5.82 Å². The van der Waals surface area contributed by atoms with Crippen LogP contribution in [0.1, 0.15) is 13.8 Å². The van der Waals surface area contributed by atoms with Crippen LogP contribution < -0.4 is 10.1 Å². The van der Waals surface area contributed by atoms with Gasteiger partial charge >= 0.3 is 0 Å². The van der Waals surface area contributed by atoms with Crippen molar-refractivity contribution in [1.82, 2.24) is 4.98 Å². The van der Waals surface area contributed by atoms with Gasteiger partial charge in [0, 0.05) is 6.20 Å². The zero-order valence-electron chi connectivity index (χ0n) is 8.20. The van der Waals surface area contributed by atoms with E-state index in [2.05, 4.69) is 10.3 Å². The summed E-state index contributed by atoms with van der Waals surface area (Å²) in [5.74, 6) is 1.28. The number of fused-ring (bicyclic) bond motifs is 1. The van der Waals surface area contributed by atoms with E-state index in [9.17, 15) is 4.79 Å². The summed E-state index contributed by atoms with van der Waals surface area (Å²) >= 11 is 0. The molecule has 0 aliphatic carbocycles. The largest absolute Gasteiger partial charge is 0.476 e. The SMILES string of the molecule is CC1(C)Oc2cccnc2NCC1=O. The molecule has 14 heavy (non-hydrogen) atoms. The number of rotatable bonds is 0. The predicted molar refractivity (Wildman–Crippen MR) is 52.4 cm³/mol. The van der Waals surface area contributed by atoms with Crippen LogP contribution in [-0.2, 0) is 4.79 Å². The van der Waals surface area contributed by atoms with Crippen molar-refractivity contribution in [3.8, 4) is 5.75 Å². The second-order valence-corrected chi connectivity index (χ2v) is 3.74. The molecule has 4 nitrogen and oxygen atoms in total. The number of anilines is 1. The lowest BCUT2D eigenvalue weighted by atomic mass is 10.0. The van der Waals surface area contributed by atoms with Gasteiger partial charge in [0.25, 0.3) is 0 Å². The molecule has 1 aliphatic rings. The molecule has 0 saturated carbocycles. The van der Waals surface area contributed by atoms with Crippen molar-refractivity contribution in [3.63, 3.8) is 0 Å². The van der Waals surface area contributed by atoms with Gasteiger partial charge < -0.3 is 10.1 Å². The van der Waals surface area contributed by atoms with Crippen LogP contribution in [0.15, 0.2) is 18.3 Å². The second kappa shape index (κ2) is 2.97. The molecular weight excluding hydrogens is 180 g/mol. The van der Waals surface area contributed by atoms with Gasteiger partial charge in [-0.25, -0.2) is 4.98 Å². The molecule has 4 heteroatoms. The van der Waals surface area contributed by atoms with Crippen molar-refractivity contribution in [2.24, 2.45) is 0 Å². The maximum atomic E-state index is 11.6. The van der Waals surface area contributed by atoms with Crippen LogP contribution in [0.25, 0.3) is 0 Å². The lowest BCUT2D eigenvalue weighted by molar-refractivity contribution is -0.129. The van der Waals surface area contributed by atoms with E-state index in [1.807, 2.05) is 0 Å². The van der Waals surface area contributed by atoms with Gasteiger partial charge in [0.15, 0.2) is 23.0 Å². The Hall–Kier alpha value is -1.58. The first kappa shape index (κ1) is 8.99. The number of Topliss-reactive ketones (excluding diaryl/α,β-unsaturated/α-hetero) is 1. The highest BCUT2D eigenvalue weighted by molar-refractivity contribution is 5.91. The van der Waals surface area contributed by atoms with Gasteiger partial charge in [0.2, 0.25) is 0 Å². The normalized spacial score (nSPS) is 18.9. The highest BCUT2D eigenvalue weighted by Gasteiger charge is 2.32. The summed E-state index contributed by atoms with van der Waals surface area (Å²) in [6, 6.07) is 3.59. The van der Waals surface area contributed by atoms with Crippen molar-refractivity contribution in [2.75, 3.05) is 11.9 Å². The lowest BCUT2D eigenvalue weighted by Crippen LogP contribution is -2.39. The Labute approximate surface area is 82.3 Å². The van der Waals surface area contributed by atoms with Crippen LogP contribution in [-0.4, -0.2) is 22.9 Å². The lowest BCUT2D eigenvalue weighted by Gasteiger charge is -2.21. The zero-order valence-corrected chi connectivity index (χ0v) is 8.20. The highest BCUT2D eigenvalue weighted by atomic mass is 16.5. The number of pyridine rings is 1. The van der Waals surface area contributed by atoms with E-state index >= 15 is 0 Å². The molecule has 0 radical (unpaired) electrons. The summed E-state index contributed by atoms with van der Waals surface area (Å²) in [6.07, 6.45) is 1.66. The van der Waals surface area contributed by atoms with E-state index in [-0.39, 0.29) is 12.3 Å². The fourth-order valence-corrected chi connectivity index (χ4v) is 1.31. The minimum Gasteiger partial charge on any atom is -0.476 e. The summed E-state index contributed by atoms with van der Waals surface area (Å²) in [6.45, 7) is 3.79. The van der Waals surface area contributed by atoms with E-state index in [0.29, 0.717) is 11.6 Å². The first-order valence-corrected chi connectivity index (χ1v) is 4.51. The summed E-state index contributed by atoms with van der Waals surface area (Å²) in [5.41, 5.74) is -0.777. The number of hydrogen-bond donors (Lipinski definition) is 1. The number of nitrogens with zero attached hydrogens (tertiary/aromatic N) is 1. The summed E-state index contributed by atoms with van der Waals surface area (Å²) in [5, 5.41) is 2.94. The van der Waals surface area contributed by atoms with E-state index in [0.717, 1.165) is 0 Å². The number of aromatic nitrogens is 1. The average molecular weight is 192 g/mol. The minimum atomic E-state index is -0.777. The minimum absolute atomic E-state index is 0.0236. The van der Waals surface area contributed by atoms with Crippen LogP contribution in [0.3, 0.4) is 0 Å². The van der Waals surface area contributed by atoms with Crippen molar-refractivity contribution < 1.29 is 9.53 Å². The van der Waals surface area contributed by atoms with E-state index in [4.69, 9.17) is 4.74 Å². The van der Waals surface area contributed by atoms with Gasteiger partial charge in [0.1, 0.15) is 0 Å². The fraction of sp³-hybridized carbons (Fsp3) is 0.400. The van der Waals surface area contributed by atoms with Gasteiger partial charge in [-0.15, -0.1) is 0 Å². The molecule has 0 spiro atoms. The smallest absolute Gasteiger partial charge is 0.194 e. The van der Waals surface area contributed by atoms with Crippen LogP contribution in [0.2, 0.25) is 0 Å². The Bertz CT molecular complexity index is 374. The van der Waals surface area contributed by atoms with Crippen molar-refractivity contribution in [3.05, 3.63) is 18.3 Å². The number of ketones is 1. The maximum Gasteiger partial charge on any atom is 0.194 e. The summed E-state index contributed by atoms with van der Waals surface area (Å²) in [7, 11) is 0. The molecule has 0 amide bonds. The Morgan fingerprint density at radius 3 is 3.14 bits per heavy atom. The van der Waals surface area contributed by atoms with Crippen molar-refractivity contribution >= 4 is 11.6 Å². The van der Waals surface area contributed by atoms with E-state index in [1.165, 1.54) is 0 Å². The molecule has 1 N–H and O–H groups in total. The van der Waals surface area contributed by atoms with Gasteiger partial charge in [-0.05, 0) is 26.0 Å². The molecule has 1 aliphatic heterocycles. The van der Waals surface area contributed by atoms with Crippen molar-refractivity contribution in [2.45, 2.75) is 19.4 Å². The van der Waals surface area contributed by atoms with Gasteiger partial charge in [-0.2, -0.15) is 0 Å². The second-order valence-electron chi connectivity index (χ2n) is 3.74. The van der Waals surface area contributed by atoms with Crippen molar-refractivity contribution in [1.29, 1.82) is 0 Å². The molecule has 0 bridgehead atoms. The predicted octanol–water partition coefficient (Wildman–Crippen LogP) is 1.23. The summed E-state index contributed by atoms with van der Waals surface area (Å²) < 4.78 is 5.58. The third-order valence-electron chi connectivity index (χ3n) is 2.22. The number of hydrogen-bond acceptors (Lipinski definition) is 4. The quantitative estimate of drug-likeness (QED) is 0.671. The number of nitrogens with one attached hydrogen (secondary N) is 1. The molecule has 0 unspecified atom stereocenters. The number of ether oxygens (including phenoxy) is 1. The van der Waals surface area contributed by atoms with Gasteiger partial charge in [0.05, 0.1) is 6.54 Å². The molecule has 0 fully saturated rings. The molecule has 2 rings (SSSR count). The average Bonchev–Trinajstić information content (AvgIpc) is 2.25. The third-order valence-corrected chi connectivity index (χ3v) is 2.22. The van der Waals surface area contributed by atoms with Crippen LogP contribution in [0, 0.1) is 0 Å². The number of carbonyl (C=O) groups is 1. The third kappa shape index (κ3) is 1.43. The number of carbonyl (C=O) groups excluding carboxylic acids is 1. The van der Waals surface area contributed by atoms with Gasteiger partial charge in [-0.1, -0.05) is 0 Å². The first-order chi connectivity index (χ1) is 6.59. The standard InChI is InChI=1S/C10H12N2O2/c1-10(2)8(13)6-12-9-7(14-10)4-3-5-11-9/h3-5H,6H2,1-2H3,(H,11,12). The van der Waals surface area contributed by atoms with Crippen LogP contribution >= 0.6 is 0 Å². The molecule has 1 aromatic rings. The monoisotopic (exact) mass is 192 g/mol. The summed E-state index contributed by atoms with van der Waals surface area (Å²) in [4.78, 5) is 15.7. The molecular formula is C10H12N2O2. The molecule has 0 atom stereocenters. The van der Waals surface area contributed by atoms with E-state index in [1.54, 1.807) is 32.2 Å². The zero-order chi connectivity index (χ0) is 10.2. The molecule has 0 aromatic carbocycles. The Morgan fingerprint density at radius 1 is 1.57 bits per heavy atom.